The molecule has 31 heavy (non-hydrogen) atoms. The predicted molar refractivity (Wildman–Crippen MR) is 114 cm³/mol. The van der Waals surface area contributed by atoms with Gasteiger partial charge in [-0.1, -0.05) is 42.5 Å². The van der Waals surface area contributed by atoms with Gasteiger partial charge < -0.3 is 24.9 Å². The largest absolute Gasteiger partial charge is 0.493 e. The molecule has 4 N–H and O–H groups in total. The van der Waals surface area contributed by atoms with Crippen molar-refractivity contribution < 1.29 is 23.8 Å². The highest BCUT2D eigenvalue weighted by Crippen LogP contribution is 2.28. The maximum absolute atomic E-state index is 12.6. The second kappa shape index (κ2) is 8.72. The topological polar surface area (TPSA) is 129 Å². The number of fused-ring (bicyclic) bond motifs is 1. The van der Waals surface area contributed by atoms with E-state index in [4.69, 9.17) is 9.15 Å². The van der Waals surface area contributed by atoms with Crippen LogP contribution in [0.3, 0.4) is 0 Å². The number of aliphatic hydroxyl groups is 1. The Bertz CT molecular complexity index is 1220. The van der Waals surface area contributed by atoms with Gasteiger partial charge in [-0.3, -0.25) is 14.7 Å². The van der Waals surface area contributed by atoms with Crippen molar-refractivity contribution in [1.82, 2.24) is 15.5 Å². The minimum Gasteiger partial charge on any atom is -0.493 e. The average molecular weight is 420 g/mol. The molecule has 0 bridgehead atoms. The number of para-hydroxylation sites is 1. The van der Waals surface area contributed by atoms with E-state index in [9.17, 15) is 14.7 Å². The third kappa shape index (κ3) is 4.26. The number of benzene rings is 2. The van der Waals surface area contributed by atoms with Crippen LogP contribution in [0.25, 0.3) is 22.2 Å². The van der Waals surface area contributed by atoms with Crippen LogP contribution in [-0.2, 0) is 4.79 Å². The molecule has 0 aliphatic heterocycles. The highest BCUT2D eigenvalue weighted by Gasteiger charge is 2.24. The SMILES string of the molecule is COc1cccc2cc(C(=O)NC(CO)C(=O)Nc3cc(-c4ccccc4)[nH]n3)oc12. The molecule has 0 aliphatic carbocycles. The maximum Gasteiger partial charge on any atom is 0.287 e. The van der Waals surface area contributed by atoms with E-state index < -0.39 is 24.5 Å². The number of furan rings is 1. The summed E-state index contributed by atoms with van der Waals surface area (Å²) in [6.07, 6.45) is 0. The van der Waals surface area contributed by atoms with Crippen molar-refractivity contribution >= 4 is 28.6 Å². The monoisotopic (exact) mass is 420 g/mol. The Balaban J connectivity index is 1.45. The number of aromatic nitrogens is 2. The zero-order valence-electron chi connectivity index (χ0n) is 16.6. The standard InChI is InChI=1S/C22H20N4O5/c1-30-17-9-5-8-14-10-18(31-20(14)17)22(29)23-16(12-27)21(28)24-19-11-15(25-26-19)13-6-3-2-4-7-13/h2-11,16,27H,12H2,1H3,(H,23,29)(H2,24,25,26,28). The second-order valence-corrected chi connectivity index (χ2v) is 6.72. The highest BCUT2D eigenvalue weighted by molar-refractivity contribution is 6.02. The summed E-state index contributed by atoms with van der Waals surface area (Å²) in [6, 6.07) is 16.7. The van der Waals surface area contributed by atoms with Crippen molar-refractivity contribution in [2.75, 3.05) is 19.0 Å². The molecule has 0 aliphatic rings. The molecular weight excluding hydrogens is 400 g/mol. The third-order valence-electron chi connectivity index (χ3n) is 4.67. The van der Waals surface area contributed by atoms with E-state index in [1.165, 1.54) is 7.11 Å². The maximum atomic E-state index is 12.6. The van der Waals surface area contributed by atoms with E-state index in [0.29, 0.717) is 16.7 Å². The number of carbonyl (C=O) groups excluding carboxylic acids is 2. The first kappa shape index (κ1) is 20.2. The van der Waals surface area contributed by atoms with Crippen molar-refractivity contribution in [3.63, 3.8) is 0 Å². The van der Waals surface area contributed by atoms with Crippen molar-refractivity contribution in [3.05, 3.63) is 66.4 Å². The van der Waals surface area contributed by atoms with Gasteiger partial charge in [0.2, 0.25) is 0 Å². The Morgan fingerprint density at radius 2 is 1.97 bits per heavy atom. The molecule has 0 radical (unpaired) electrons. The number of amides is 2. The van der Waals surface area contributed by atoms with Crippen LogP contribution in [0.2, 0.25) is 0 Å². The van der Waals surface area contributed by atoms with Gasteiger partial charge in [-0.15, -0.1) is 0 Å². The summed E-state index contributed by atoms with van der Waals surface area (Å²) in [4.78, 5) is 25.1. The first-order valence-corrected chi connectivity index (χ1v) is 9.49. The Morgan fingerprint density at radius 3 is 2.71 bits per heavy atom. The number of carbonyl (C=O) groups is 2. The van der Waals surface area contributed by atoms with Crippen molar-refractivity contribution in [1.29, 1.82) is 0 Å². The van der Waals surface area contributed by atoms with Crippen molar-refractivity contribution in [2.24, 2.45) is 0 Å². The van der Waals surface area contributed by atoms with Crippen molar-refractivity contribution in [2.45, 2.75) is 6.04 Å². The highest BCUT2D eigenvalue weighted by atomic mass is 16.5. The van der Waals surface area contributed by atoms with Gasteiger partial charge in [0.1, 0.15) is 6.04 Å². The van der Waals surface area contributed by atoms with Crippen LogP contribution in [0.1, 0.15) is 10.6 Å². The van der Waals surface area contributed by atoms with E-state index >= 15 is 0 Å². The minimum absolute atomic E-state index is 0.00289. The smallest absolute Gasteiger partial charge is 0.287 e. The number of aromatic amines is 1. The number of ether oxygens (including phenoxy) is 1. The van der Waals surface area contributed by atoms with Gasteiger partial charge in [-0.25, -0.2) is 0 Å². The number of nitrogens with zero attached hydrogens (tertiary/aromatic N) is 1. The molecule has 4 rings (SSSR count). The second-order valence-electron chi connectivity index (χ2n) is 6.72. The normalized spacial score (nSPS) is 11.8. The number of H-pyrrole nitrogens is 1. The lowest BCUT2D eigenvalue weighted by Gasteiger charge is -2.14. The molecule has 1 unspecified atom stereocenters. The molecule has 0 fully saturated rings. The van der Waals surface area contributed by atoms with Crippen molar-refractivity contribution in [3.8, 4) is 17.0 Å². The lowest BCUT2D eigenvalue weighted by Crippen LogP contribution is -2.46. The molecule has 158 valence electrons. The summed E-state index contributed by atoms with van der Waals surface area (Å²) >= 11 is 0. The lowest BCUT2D eigenvalue weighted by molar-refractivity contribution is -0.118. The summed E-state index contributed by atoms with van der Waals surface area (Å²) in [5.41, 5.74) is 2.05. The van der Waals surface area contributed by atoms with E-state index in [1.54, 1.807) is 30.3 Å². The third-order valence-corrected chi connectivity index (χ3v) is 4.67. The molecule has 0 saturated heterocycles. The molecule has 2 heterocycles. The Morgan fingerprint density at radius 1 is 1.16 bits per heavy atom. The van der Waals surface area contributed by atoms with Gasteiger partial charge in [-0.2, -0.15) is 5.10 Å². The Labute approximate surface area is 177 Å². The van der Waals surface area contributed by atoms with Gasteiger partial charge in [0.05, 0.1) is 19.4 Å². The van der Waals surface area contributed by atoms with Crippen LogP contribution in [0.5, 0.6) is 5.75 Å². The summed E-state index contributed by atoms with van der Waals surface area (Å²) in [5, 5.41) is 22.2. The average Bonchev–Trinajstić information content (AvgIpc) is 3.44. The number of anilines is 1. The Hall–Kier alpha value is -4.11. The molecule has 4 aromatic rings. The fourth-order valence-electron chi connectivity index (χ4n) is 3.10. The number of nitrogens with one attached hydrogen (secondary N) is 3. The van der Waals surface area contributed by atoms with Gasteiger partial charge >= 0.3 is 0 Å². The van der Waals surface area contributed by atoms with Crippen LogP contribution >= 0.6 is 0 Å². The molecular formula is C22H20N4O5. The number of hydrogen-bond acceptors (Lipinski definition) is 6. The van der Waals surface area contributed by atoms with Crippen LogP contribution in [0.4, 0.5) is 5.82 Å². The molecule has 2 amide bonds. The number of methoxy groups -OCH3 is 1. The lowest BCUT2D eigenvalue weighted by atomic mass is 10.1. The van der Waals surface area contributed by atoms with E-state index in [2.05, 4.69) is 20.8 Å². The number of rotatable bonds is 7. The molecule has 2 aromatic heterocycles. The molecule has 0 spiro atoms. The van der Waals surface area contributed by atoms with Crippen LogP contribution < -0.4 is 15.4 Å². The first-order valence-electron chi connectivity index (χ1n) is 9.49. The molecule has 1 atom stereocenters. The summed E-state index contributed by atoms with van der Waals surface area (Å²) < 4.78 is 10.8. The fraction of sp³-hybridized carbons (Fsp3) is 0.136. The van der Waals surface area contributed by atoms with Crippen LogP contribution in [-0.4, -0.2) is 46.9 Å². The Kier molecular flexibility index (Phi) is 5.67. The minimum atomic E-state index is -1.19. The predicted octanol–water partition coefficient (Wildman–Crippen LogP) is 2.56. The van der Waals surface area contributed by atoms with E-state index in [-0.39, 0.29) is 11.6 Å². The van der Waals surface area contributed by atoms with Gasteiger partial charge in [0, 0.05) is 11.5 Å². The van der Waals surface area contributed by atoms with Gasteiger partial charge in [0.15, 0.2) is 22.9 Å². The number of hydrogen-bond donors (Lipinski definition) is 4. The first-order chi connectivity index (χ1) is 15.1. The molecule has 0 saturated carbocycles. The molecule has 9 heteroatoms. The quantitative estimate of drug-likeness (QED) is 0.364. The van der Waals surface area contributed by atoms with E-state index in [1.807, 2.05) is 30.3 Å². The summed E-state index contributed by atoms with van der Waals surface area (Å²) in [7, 11) is 1.50. The van der Waals surface area contributed by atoms with Crippen LogP contribution in [0, 0.1) is 0 Å². The zero-order chi connectivity index (χ0) is 21.8. The molecule has 9 nitrogen and oxygen atoms in total. The fourth-order valence-corrected chi connectivity index (χ4v) is 3.10. The summed E-state index contributed by atoms with van der Waals surface area (Å²) in [6.45, 7) is -0.600. The number of aliphatic hydroxyl groups excluding tert-OH is 1. The summed E-state index contributed by atoms with van der Waals surface area (Å²) in [5.74, 6) is -0.502. The molecule has 2 aromatic carbocycles. The van der Waals surface area contributed by atoms with Gasteiger partial charge in [0.25, 0.3) is 11.8 Å². The van der Waals surface area contributed by atoms with E-state index in [0.717, 1.165) is 11.3 Å². The van der Waals surface area contributed by atoms with Gasteiger partial charge in [-0.05, 0) is 17.7 Å². The van der Waals surface area contributed by atoms with Crippen LogP contribution in [0.15, 0.2) is 65.1 Å². The zero-order valence-corrected chi connectivity index (χ0v) is 16.6.